The maximum absolute atomic E-state index is 15.8. The third-order valence-corrected chi connectivity index (χ3v) is 6.25. The molecular formula is C23H22FN9. The van der Waals surface area contributed by atoms with Crippen molar-refractivity contribution in [1.82, 2.24) is 40.0 Å². The van der Waals surface area contributed by atoms with E-state index in [1.54, 1.807) is 24.8 Å². The lowest BCUT2D eigenvalue weighted by Crippen LogP contribution is -2.44. The number of nitrogens with one attached hydrogen (secondary N) is 2. The molecule has 0 radical (unpaired) electrons. The second kappa shape index (κ2) is 7.59. The number of halogens is 1. The Morgan fingerprint density at radius 3 is 2.64 bits per heavy atom. The number of fused-ring (bicyclic) bond motifs is 2. The topological polar surface area (TPSA) is 103 Å². The van der Waals surface area contributed by atoms with Gasteiger partial charge in [-0.1, -0.05) is 0 Å². The van der Waals surface area contributed by atoms with Crippen LogP contribution in [0.3, 0.4) is 0 Å². The van der Waals surface area contributed by atoms with E-state index >= 15 is 4.39 Å². The molecule has 0 spiro atoms. The van der Waals surface area contributed by atoms with Gasteiger partial charge in [0.2, 0.25) is 0 Å². The first-order valence-electron chi connectivity index (χ1n) is 10.8. The fraction of sp³-hybridized carbons (Fsp3) is 0.261. The van der Waals surface area contributed by atoms with Gasteiger partial charge in [-0.25, -0.2) is 14.4 Å². The summed E-state index contributed by atoms with van der Waals surface area (Å²) >= 11 is 0. The molecule has 5 aromatic heterocycles. The van der Waals surface area contributed by atoms with E-state index in [0.29, 0.717) is 28.0 Å². The first-order valence-corrected chi connectivity index (χ1v) is 10.8. The lowest BCUT2D eigenvalue weighted by molar-refractivity contribution is 0.312. The minimum atomic E-state index is -0.453. The van der Waals surface area contributed by atoms with Crippen LogP contribution in [0.1, 0.15) is 5.56 Å². The fourth-order valence-corrected chi connectivity index (χ4v) is 4.33. The van der Waals surface area contributed by atoms with Gasteiger partial charge in [0, 0.05) is 50.3 Å². The molecule has 6 rings (SSSR count). The number of hydrogen-bond donors (Lipinski definition) is 2. The van der Waals surface area contributed by atoms with Crippen molar-refractivity contribution in [2.24, 2.45) is 0 Å². The molecule has 0 saturated carbocycles. The molecule has 10 heteroatoms. The second-order valence-corrected chi connectivity index (χ2v) is 8.38. The Bertz CT molecular complexity index is 1480. The molecule has 33 heavy (non-hydrogen) atoms. The van der Waals surface area contributed by atoms with E-state index in [1.165, 1.54) is 0 Å². The molecule has 0 aliphatic carbocycles. The Labute approximate surface area is 188 Å². The van der Waals surface area contributed by atoms with Crippen LogP contribution in [0.5, 0.6) is 0 Å². The number of aromatic nitrogens is 7. The minimum absolute atomic E-state index is 0.242. The summed E-state index contributed by atoms with van der Waals surface area (Å²) in [4.78, 5) is 25.7. The van der Waals surface area contributed by atoms with Gasteiger partial charge >= 0.3 is 0 Å². The van der Waals surface area contributed by atoms with Crippen molar-refractivity contribution in [1.29, 1.82) is 0 Å². The molecule has 166 valence electrons. The summed E-state index contributed by atoms with van der Waals surface area (Å²) in [6.45, 7) is 5.60. The lowest BCUT2D eigenvalue weighted by atomic mass is 10.1. The summed E-state index contributed by atoms with van der Waals surface area (Å²) in [6.07, 6.45) is 6.67. The van der Waals surface area contributed by atoms with Crippen molar-refractivity contribution < 1.29 is 4.39 Å². The van der Waals surface area contributed by atoms with Gasteiger partial charge in [-0.3, -0.25) is 15.1 Å². The van der Waals surface area contributed by atoms with Crippen LogP contribution >= 0.6 is 0 Å². The van der Waals surface area contributed by atoms with Gasteiger partial charge in [-0.05, 0) is 31.7 Å². The molecule has 1 fully saturated rings. The fourth-order valence-electron chi connectivity index (χ4n) is 4.33. The number of nitrogens with zero attached hydrogens (tertiary/aromatic N) is 7. The zero-order valence-corrected chi connectivity index (χ0v) is 18.3. The summed E-state index contributed by atoms with van der Waals surface area (Å²) in [5.41, 5.74) is 4.29. The zero-order valence-electron chi connectivity index (χ0n) is 18.3. The van der Waals surface area contributed by atoms with Crippen LogP contribution in [0, 0.1) is 12.7 Å². The first kappa shape index (κ1) is 19.7. The standard InChI is InChI=1S/C23H22FN9/c1-13-3-5-25-11-14(13)19-18(24)17-16(12-27-19)30-31-21(17)22-28-15-4-6-26-23(20(15)29-22)33-9-7-32(2)8-10-33/h3-6,11-12H,7-10H2,1-2H3,(H,28,29)(H,30,31). The lowest BCUT2D eigenvalue weighted by Gasteiger charge is -2.33. The number of aryl methyl sites for hydroxylation is 1. The number of hydrogen-bond acceptors (Lipinski definition) is 7. The quantitative estimate of drug-likeness (QED) is 0.442. The maximum Gasteiger partial charge on any atom is 0.161 e. The predicted octanol–water partition coefficient (Wildman–Crippen LogP) is 3.16. The van der Waals surface area contributed by atoms with Gasteiger partial charge in [0.1, 0.15) is 16.9 Å². The van der Waals surface area contributed by atoms with Gasteiger partial charge in [0.05, 0.1) is 22.6 Å². The molecule has 2 N–H and O–H groups in total. The molecule has 1 saturated heterocycles. The smallest absolute Gasteiger partial charge is 0.161 e. The zero-order chi connectivity index (χ0) is 22.5. The number of pyridine rings is 3. The third kappa shape index (κ3) is 3.21. The Morgan fingerprint density at radius 1 is 0.970 bits per heavy atom. The first-order chi connectivity index (χ1) is 16.1. The van der Waals surface area contributed by atoms with Crippen LogP contribution in [0.4, 0.5) is 10.2 Å². The van der Waals surface area contributed by atoms with Crippen molar-refractivity contribution in [2.45, 2.75) is 6.92 Å². The summed E-state index contributed by atoms with van der Waals surface area (Å²) in [7, 11) is 2.12. The number of rotatable bonds is 3. The number of piperazine rings is 1. The van der Waals surface area contributed by atoms with E-state index in [4.69, 9.17) is 4.98 Å². The maximum atomic E-state index is 15.8. The van der Waals surface area contributed by atoms with E-state index in [0.717, 1.165) is 48.6 Å². The molecule has 0 atom stereocenters. The average molecular weight is 443 g/mol. The SMILES string of the molecule is Cc1ccncc1-c1ncc2[nH]nc(-c3nc4c(N5CCN(C)CC5)nccc4[nH]3)c2c1F. The summed E-state index contributed by atoms with van der Waals surface area (Å²) in [5.74, 6) is 0.862. The van der Waals surface area contributed by atoms with Crippen molar-refractivity contribution in [2.75, 3.05) is 38.1 Å². The van der Waals surface area contributed by atoms with E-state index in [-0.39, 0.29) is 5.69 Å². The summed E-state index contributed by atoms with van der Waals surface area (Å²) < 4.78 is 15.8. The number of imidazole rings is 1. The van der Waals surface area contributed by atoms with Gasteiger partial charge in [0.15, 0.2) is 17.5 Å². The molecule has 5 aromatic rings. The van der Waals surface area contributed by atoms with Crippen LogP contribution in [0.2, 0.25) is 0 Å². The Morgan fingerprint density at radius 2 is 1.82 bits per heavy atom. The number of anilines is 1. The van der Waals surface area contributed by atoms with E-state index < -0.39 is 5.82 Å². The Hall–Kier alpha value is -3.92. The summed E-state index contributed by atoms with van der Waals surface area (Å²) in [6, 6.07) is 3.71. The van der Waals surface area contributed by atoms with Crippen molar-refractivity contribution in [3.63, 3.8) is 0 Å². The van der Waals surface area contributed by atoms with E-state index in [2.05, 4.69) is 47.0 Å². The van der Waals surface area contributed by atoms with Crippen molar-refractivity contribution in [3.8, 4) is 22.8 Å². The highest BCUT2D eigenvalue weighted by atomic mass is 19.1. The van der Waals surface area contributed by atoms with E-state index in [9.17, 15) is 0 Å². The molecule has 0 aromatic carbocycles. The summed E-state index contributed by atoms with van der Waals surface area (Å²) in [5, 5.41) is 7.61. The molecule has 1 aliphatic rings. The number of likely N-dealkylation sites (N-methyl/N-ethyl adjacent to an activating group) is 1. The van der Waals surface area contributed by atoms with Crippen molar-refractivity contribution in [3.05, 3.63) is 48.3 Å². The van der Waals surface area contributed by atoms with Crippen LogP contribution < -0.4 is 4.90 Å². The Balaban J connectivity index is 1.48. The highest BCUT2D eigenvalue weighted by molar-refractivity contribution is 5.96. The van der Waals surface area contributed by atoms with Crippen LogP contribution in [0.25, 0.3) is 44.7 Å². The van der Waals surface area contributed by atoms with Crippen LogP contribution in [0.15, 0.2) is 36.9 Å². The van der Waals surface area contributed by atoms with Gasteiger partial charge in [-0.15, -0.1) is 0 Å². The van der Waals surface area contributed by atoms with Gasteiger partial charge in [0.25, 0.3) is 0 Å². The third-order valence-electron chi connectivity index (χ3n) is 6.25. The largest absolute Gasteiger partial charge is 0.352 e. The molecule has 0 unspecified atom stereocenters. The Kier molecular flexibility index (Phi) is 4.54. The highest BCUT2D eigenvalue weighted by Crippen LogP contribution is 2.34. The second-order valence-electron chi connectivity index (χ2n) is 8.38. The van der Waals surface area contributed by atoms with Crippen LogP contribution in [-0.2, 0) is 0 Å². The van der Waals surface area contributed by atoms with Gasteiger partial charge in [-0.2, -0.15) is 5.10 Å². The molecule has 6 heterocycles. The molecule has 0 amide bonds. The molecule has 0 bridgehead atoms. The average Bonchev–Trinajstić information content (AvgIpc) is 3.45. The molecule has 1 aliphatic heterocycles. The van der Waals surface area contributed by atoms with Gasteiger partial charge < -0.3 is 14.8 Å². The molecular weight excluding hydrogens is 421 g/mol. The van der Waals surface area contributed by atoms with Crippen LogP contribution in [-0.4, -0.2) is 73.2 Å². The number of aromatic amines is 2. The normalized spacial score (nSPS) is 15.1. The molecule has 9 nitrogen and oxygen atoms in total. The predicted molar refractivity (Wildman–Crippen MR) is 124 cm³/mol. The van der Waals surface area contributed by atoms with E-state index in [1.807, 2.05) is 19.1 Å². The minimum Gasteiger partial charge on any atom is -0.352 e. The van der Waals surface area contributed by atoms with Crippen molar-refractivity contribution >= 4 is 27.8 Å². The number of H-pyrrole nitrogens is 2. The highest BCUT2D eigenvalue weighted by Gasteiger charge is 2.23. The monoisotopic (exact) mass is 443 g/mol.